The fourth-order valence-electron chi connectivity index (χ4n) is 2.49. The molecule has 0 aliphatic carbocycles. The van der Waals surface area contributed by atoms with E-state index in [-0.39, 0.29) is 18.2 Å². The molecule has 152 valence electrons. The lowest BCUT2D eigenvalue weighted by Gasteiger charge is -2.10. The van der Waals surface area contributed by atoms with Gasteiger partial charge in [-0.1, -0.05) is 6.07 Å². The van der Waals surface area contributed by atoms with Crippen molar-refractivity contribution in [2.45, 2.75) is 12.8 Å². The van der Waals surface area contributed by atoms with Crippen molar-refractivity contribution in [2.24, 2.45) is 0 Å². The number of amides is 1. The number of hydrogen-bond donors (Lipinski definition) is 2. The predicted molar refractivity (Wildman–Crippen MR) is 96.7 cm³/mol. The van der Waals surface area contributed by atoms with Crippen LogP contribution in [0, 0.1) is 0 Å². The van der Waals surface area contributed by atoms with Crippen molar-refractivity contribution in [3.05, 3.63) is 48.0 Å². The van der Waals surface area contributed by atoms with Crippen LogP contribution in [0.25, 0.3) is 0 Å². The van der Waals surface area contributed by atoms with Crippen LogP contribution in [-0.2, 0) is 11.2 Å². The normalized spacial score (nSPS) is 11.0. The lowest BCUT2D eigenvalue weighted by Crippen LogP contribution is -2.86. The maximum absolute atomic E-state index is 12.1. The highest BCUT2D eigenvalue weighted by Crippen LogP contribution is 2.27. The number of benzene rings is 2. The van der Waals surface area contributed by atoms with Crippen LogP contribution in [0.5, 0.6) is 17.2 Å². The molecule has 0 fully saturated rings. The third-order valence-electron chi connectivity index (χ3n) is 3.79. The molecule has 0 aliphatic rings. The first-order valence-corrected chi connectivity index (χ1v) is 8.49. The molecule has 0 aromatic heterocycles. The standard InChI is InChI=1S/C19H21F3N2O4/c1-26-16-8-3-13(11-17(16)27-2)9-10-23-12-18(25)24-14-4-6-15(7-5-14)28-19(20,21)22/h3-8,11,23H,9-10,12H2,1-2H3,(H,24,25)/p+1. The van der Waals surface area contributed by atoms with Gasteiger partial charge < -0.3 is 24.8 Å². The zero-order chi connectivity index (χ0) is 20.6. The van der Waals surface area contributed by atoms with Crippen molar-refractivity contribution in [3.63, 3.8) is 0 Å². The number of carbonyl (C=O) groups excluding carboxylic acids is 1. The number of alkyl halides is 3. The second-order valence-electron chi connectivity index (χ2n) is 5.84. The highest BCUT2D eigenvalue weighted by Gasteiger charge is 2.30. The van der Waals surface area contributed by atoms with Crippen molar-refractivity contribution >= 4 is 11.6 Å². The van der Waals surface area contributed by atoms with E-state index in [4.69, 9.17) is 9.47 Å². The van der Waals surface area contributed by atoms with Crippen LogP contribution >= 0.6 is 0 Å². The summed E-state index contributed by atoms with van der Waals surface area (Å²) < 4.78 is 50.6. The van der Waals surface area contributed by atoms with Crippen molar-refractivity contribution in [2.75, 3.05) is 32.6 Å². The Morgan fingerprint density at radius 2 is 1.71 bits per heavy atom. The predicted octanol–water partition coefficient (Wildman–Crippen LogP) is 2.35. The van der Waals surface area contributed by atoms with Gasteiger partial charge in [-0.05, 0) is 42.0 Å². The summed E-state index contributed by atoms with van der Waals surface area (Å²) in [5, 5.41) is 4.46. The fraction of sp³-hybridized carbons (Fsp3) is 0.316. The Morgan fingerprint density at radius 1 is 1.04 bits per heavy atom. The molecule has 2 aromatic rings. The average molecular weight is 399 g/mol. The largest absolute Gasteiger partial charge is 0.573 e. The van der Waals surface area contributed by atoms with E-state index in [1.54, 1.807) is 14.2 Å². The van der Waals surface area contributed by atoms with Gasteiger partial charge in [0.15, 0.2) is 18.0 Å². The molecule has 0 atom stereocenters. The molecule has 1 amide bonds. The number of quaternary nitrogens is 1. The quantitative estimate of drug-likeness (QED) is 0.635. The number of anilines is 1. The topological polar surface area (TPSA) is 73.4 Å². The van der Waals surface area contributed by atoms with Gasteiger partial charge in [-0.2, -0.15) is 0 Å². The zero-order valence-corrected chi connectivity index (χ0v) is 15.5. The summed E-state index contributed by atoms with van der Waals surface area (Å²) in [5.41, 5.74) is 1.45. The van der Waals surface area contributed by atoms with Crippen molar-refractivity contribution in [3.8, 4) is 17.2 Å². The minimum Gasteiger partial charge on any atom is -0.493 e. The highest BCUT2D eigenvalue weighted by molar-refractivity contribution is 5.91. The third-order valence-corrected chi connectivity index (χ3v) is 3.79. The molecule has 0 bridgehead atoms. The number of halogens is 3. The molecular weight excluding hydrogens is 377 g/mol. The molecule has 0 aliphatic heterocycles. The number of ether oxygens (including phenoxy) is 3. The molecule has 3 N–H and O–H groups in total. The Kier molecular flexibility index (Phi) is 7.51. The SMILES string of the molecule is COc1ccc(CC[NH2+]CC(=O)Nc2ccc(OC(F)(F)F)cc2)cc1OC. The smallest absolute Gasteiger partial charge is 0.493 e. The maximum atomic E-state index is 12.1. The Bertz CT molecular complexity index is 780. The van der Waals surface area contributed by atoms with E-state index in [0.29, 0.717) is 23.7 Å². The molecule has 28 heavy (non-hydrogen) atoms. The Balaban J connectivity index is 1.74. The van der Waals surface area contributed by atoms with Gasteiger partial charge in [0, 0.05) is 12.1 Å². The molecule has 2 rings (SSSR count). The van der Waals surface area contributed by atoms with Crippen LogP contribution in [0.15, 0.2) is 42.5 Å². The first-order valence-electron chi connectivity index (χ1n) is 8.49. The Hall–Kier alpha value is -2.94. The number of nitrogens with one attached hydrogen (secondary N) is 1. The number of methoxy groups -OCH3 is 2. The Labute approximate surface area is 160 Å². The first kappa shape index (κ1) is 21.4. The summed E-state index contributed by atoms with van der Waals surface area (Å²) in [6, 6.07) is 10.6. The lowest BCUT2D eigenvalue weighted by atomic mass is 10.1. The minimum absolute atomic E-state index is 0.189. The van der Waals surface area contributed by atoms with E-state index in [0.717, 1.165) is 24.1 Å². The van der Waals surface area contributed by atoms with Crippen molar-refractivity contribution in [1.82, 2.24) is 0 Å². The van der Waals surface area contributed by atoms with Gasteiger partial charge >= 0.3 is 6.36 Å². The summed E-state index contributed by atoms with van der Waals surface area (Å²) in [6.07, 6.45) is -4.01. The molecule has 0 radical (unpaired) electrons. The summed E-state index contributed by atoms with van der Waals surface area (Å²) in [7, 11) is 3.14. The van der Waals surface area contributed by atoms with Crippen LogP contribution in [0.2, 0.25) is 0 Å². The fourth-order valence-corrected chi connectivity index (χ4v) is 2.49. The Morgan fingerprint density at radius 3 is 2.32 bits per heavy atom. The van der Waals surface area contributed by atoms with E-state index in [1.807, 2.05) is 23.5 Å². The second-order valence-corrected chi connectivity index (χ2v) is 5.84. The minimum atomic E-state index is -4.74. The molecule has 6 nitrogen and oxygen atoms in total. The molecule has 0 saturated carbocycles. The highest BCUT2D eigenvalue weighted by atomic mass is 19.4. The van der Waals surface area contributed by atoms with E-state index < -0.39 is 6.36 Å². The van der Waals surface area contributed by atoms with Crippen LogP contribution in [0.4, 0.5) is 18.9 Å². The van der Waals surface area contributed by atoms with Gasteiger partial charge in [-0.25, -0.2) is 0 Å². The van der Waals surface area contributed by atoms with Crippen LogP contribution in [0.1, 0.15) is 5.56 Å². The summed E-state index contributed by atoms with van der Waals surface area (Å²) in [5.74, 6) is 0.709. The lowest BCUT2D eigenvalue weighted by molar-refractivity contribution is -0.643. The van der Waals surface area contributed by atoms with Gasteiger partial charge in [-0.15, -0.1) is 13.2 Å². The van der Waals surface area contributed by atoms with E-state index in [9.17, 15) is 18.0 Å². The summed E-state index contributed by atoms with van der Waals surface area (Å²) in [4.78, 5) is 11.9. The molecule has 0 unspecified atom stereocenters. The number of rotatable bonds is 9. The van der Waals surface area contributed by atoms with Gasteiger partial charge in [0.25, 0.3) is 5.91 Å². The van der Waals surface area contributed by atoms with Gasteiger partial charge in [0.1, 0.15) is 5.75 Å². The molecule has 9 heteroatoms. The number of carbonyl (C=O) groups is 1. The molecule has 0 saturated heterocycles. The van der Waals surface area contributed by atoms with Crippen molar-refractivity contribution < 1.29 is 37.5 Å². The van der Waals surface area contributed by atoms with Gasteiger partial charge in [0.05, 0.1) is 20.8 Å². The third kappa shape index (κ3) is 6.99. The van der Waals surface area contributed by atoms with Crippen molar-refractivity contribution in [1.29, 1.82) is 0 Å². The van der Waals surface area contributed by atoms with Crippen LogP contribution in [-0.4, -0.2) is 39.6 Å². The summed E-state index contributed by atoms with van der Waals surface area (Å²) in [6.45, 7) is 0.870. The van der Waals surface area contributed by atoms with Gasteiger partial charge in [0.2, 0.25) is 0 Å². The zero-order valence-electron chi connectivity index (χ0n) is 15.5. The molecular formula is C19H22F3N2O4+. The summed E-state index contributed by atoms with van der Waals surface area (Å²) >= 11 is 0. The van der Waals surface area contributed by atoms with Crippen LogP contribution < -0.4 is 24.8 Å². The molecule has 0 spiro atoms. The maximum Gasteiger partial charge on any atom is 0.573 e. The molecule has 0 heterocycles. The van der Waals surface area contributed by atoms with Gasteiger partial charge in [-0.3, -0.25) is 4.79 Å². The van der Waals surface area contributed by atoms with E-state index in [1.165, 1.54) is 12.1 Å². The van der Waals surface area contributed by atoms with E-state index in [2.05, 4.69) is 10.1 Å². The van der Waals surface area contributed by atoms with E-state index >= 15 is 0 Å². The number of hydrogen-bond acceptors (Lipinski definition) is 4. The monoisotopic (exact) mass is 399 g/mol. The van der Waals surface area contributed by atoms with Crippen LogP contribution in [0.3, 0.4) is 0 Å². The average Bonchev–Trinajstić information content (AvgIpc) is 2.65. The second kappa shape index (κ2) is 9.84. The molecule has 2 aromatic carbocycles. The number of nitrogens with two attached hydrogens (primary N) is 1. The first-order chi connectivity index (χ1) is 13.3.